The number of amides is 1. The highest BCUT2D eigenvalue weighted by molar-refractivity contribution is 5.89. The average molecular weight is 273 g/mol. The predicted molar refractivity (Wildman–Crippen MR) is 75.4 cm³/mol. The zero-order valence-electron chi connectivity index (χ0n) is 10.9. The van der Waals surface area contributed by atoms with Crippen LogP contribution in [-0.2, 0) is 4.79 Å². The zero-order valence-corrected chi connectivity index (χ0v) is 10.9. The van der Waals surface area contributed by atoms with Gasteiger partial charge in [-0.15, -0.1) is 0 Å². The topological polar surface area (TPSA) is 68.0 Å². The molecule has 1 aromatic heterocycles. The van der Waals surface area contributed by atoms with Gasteiger partial charge in [0.25, 0.3) is 0 Å². The highest BCUT2D eigenvalue weighted by Crippen LogP contribution is 2.15. The van der Waals surface area contributed by atoms with Gasteiger partial charge in [-0.05, 0) is 24.1 Å². The Hall–Kier alpha value is -2.27. The molecule has 0 saturated carbocycles. The SMILES string of the molecule is NC(CCC(=O)Nc1cccc(F)n1)c1ccccc1. The van der Waals surface area contributed by atoms with Gasteiger partial charge in [-0.25, -0.2) is 4.98 Å². The first-order valence-electron chi connectivity index (χ1n) is 6.38. The fourth-order valence-electron chi connectivity index (χ4n) is 1.84. The molecule has 2 aromatic rings. The van der Waals surface area contributed by atoms with Gasteiger partial charge in [-0.3, -0.25) is 4.79 Å². The molecular formula is C15H16FN3O. The molecule has 0 radical (unpaired) electrons. The molecule has 4 nitrogen and oxygen atoms in total. The lowest BCUT2D eigenvalue weighted by atomic mass is 10.0. The van der Waals surface area contributed by atoms with Gasteiger partial charge in [0.1, 0.15) is 5.82 Å². The molecule has 0 fully saturated rings. The van der Waals surface area contributed by atoms with E-state index in [2.05, 4.69) is 10.3 Å². The third-order valence-electron chi connectivity index (χ3n) is 2.89. The van der Waals surface area contributed by atoms with E-state index in [4.69, 9.17) is 5.73 Å². The highest BCUT2D eigenvalue weighted by atomic mass is 19.1. The Balaban J connectivity index is 1.83. The summed E-state index contributed by atoms with van der Waals surface area (Å²) in [5.41, 5.74) is 7.00. The summed E-state index contributed by atoms with van der Waals surface area (Å²) in [7, 11) is 0. The molecule has 20 heavy (non-hydrogen) atoms. The van der Waals surface area contributed by atoms with Crippen LogP contribution in [0.5, 0.6) is 0 Å². The number of hydrogen-bond donors (Lipinski definition) is 2. The van der Waals surface area contributed by atoms with Gasteiger partial charge >= 0.3 is 0 Å². The quantitative estimate of drug-likeness (QED) is 0.823. The van der Waals surface area contributed by atoms with Gasteiger partial charge in [0.05, 0.1) is 0 Å². The molecule has 5 heteroatoms. The molecule has 104 valence electrons. The first kappa shape index (κ1) is 14.1. The van der Waals surface area contributed by atoms with Crippen LogP contribution in [0.3, 0.4) is 0 Å². The second kappa shape index (κ2) is 6.77. The molecule has 0 saturated heterocycles. The van der Waals surface area contributed by atoms with Crippen molar-refractivity contribution in [2.75, 3.05) is 5.32 Å². The number of pyridine rings is 1. The smallest absolute Gasteiger partial charge is 0.225 e. The first-order valence-corrected chi connectivity index (χ1v) is 6.38. The minimum Gasteiger partial charge on any atom is -0.324 e. The lowest BCUT2D eigenvalue weighted by Crippen LogP contribution is -2.17. The van der Waals surface area contributed by atoms with Crippen LogP contribution in [0.1, 0.15) is 24.4 Å². The molecule has 0 aliphatic heterocycles. The molecular weight excluding hydrogens is 257 g/mol. The molecule has 1 amide bonds. The lowest BCUT2D eigenvalue weighted by molar-refractivity contribution is -0.116. The fraction of sp³-hybridized carbons (Fsp3) is 0.200. The molecule has 2 rings (SSSR count). The molecule has 1 heterocycles. The highest BCUT2D eigenvalue weighted by Gasteiger charge is 2.09. The van der Waals surface area contributed by atoms with E-state index in [0.29, 0.717) is 6.42 Å². The third-order valence-corrected chi connectivity index (χ3v) is 2.89. The van der Waals surface area contributed by atoms with Crippen molar-refractivity contribution in [3.05, 3.63) is 60.0 Å². The number of benzene rings is 1. The van der Waals surface area contributed by atoms with E-state index in [9.17, 15) is 9.18 Å². The third kappa shape index (κ3) is 4.13. The second-order valence-electron chi connectivity index (χ2n) is 4.45. The largest absolute Gasteiger partial charge is 0.324 e. The van der Waals surface area contributed by atoms with E-state index < -0.39 is 5.95 Å². The molecule has 0 aliphatic rings. The number of hydrogen-bond acceptors (Lipinski definition) is 3. The fourth-order valence-corrected chi connectivity index (χ4v) is 1.84. The Labute approximate surface area is 116 Å². The van der Waals surface area contributed by atoms with Crippen LogP contribution >= 0.6 is 0 Å². The van der Waals surface area contributed by atoms with E-state index >= 15 is 0 Å². The van der Waals surface area contributed by atoms with Crippen molar-refractivity contribution >= 4 is 11.7 Å². The molecule has 0 aliphatic carbocycles. The number of carbonyl (C=O) groups excluding carboxylic acids is 1. The summed E-state index contributed by atoms with van der Waals surface area (Å²) in [6, 6.07) is 13.7. The van der Waals surface area contributed by atoms with Crippen molar-refractivity contribution in [1.82, 2.24) is 4.98 Å². The number of anilines is 1. The van der Waals surface area contributed by atoms with E-state index in [1.165, 1.54) is 18.2 Å². The van der Waals surface area contributed by atoms with Gasteiger partial charge in [-0.2, -0.15) is 4.39 Å². The molecule has 1 unspecified atom stereocenters. The maximum absolute atomic E-state index is 12.9. The summed E-state index contributed by atoms with van der Waals surface area (Å²) in [5.74, 6) is -0.637. The predicted octanol–water partition coefficient (Wildman–Crippen LogP) is 2.64. The summed E-state index contributed by atoms with van der Waals surface area (Å²) in [4.78, 5) is 15.3. The number of nitrogens with zero attached hydrogens (tertiary/aromatic N) is 1. The molecule has 0 spiro atoms. The van der Waals surface area contributed by atoms with Crippen LogP contribution in [0, 0.1) is 5.95 Å². The Bertz CT molecular complexity index is 574. The maximum Gasteiger partial charge on any atom is 0.225 e. The van der Waals surface area contributed by atoms with Crippen LogP contribution < -0.4 is 11.1 Å². The van der Waals surface area contributed by atoms with E-state index in [1.54, 1.807) is 0 Å². The van der Waals surface area contributed by atoms with Crippen LogP contribution in [0.25, 0.3) is 0 Å². The average Bonchev–Trinajstić information content (AvgIpc) is 2.46. The van der Waals surface area contributed by atoms with Crippen LogP contribution in [0.15, 0.2) is 48.5 Å². The molecule has 0 bridgehead atoms. The summed E-state index contributed by atoms with van der Waals surface area (Å²) < 4.78 is 12.9. The first-order chi connectivity index (χ1) is 9.65. The number of halogens is 1. The van der Waals surface area contributed by atoms with Crippen molar-refractivity contribution in [3.8, 4) is 0 Å². The number of nitrogens with one attached hydrogen (secondary N) is 1. The number of carbonyl (C=O) groups is 1. The Kier molecular flexibility index (Phi) is 4.79. The number of aromatic nitrogens is 1. The van der Waals surface area contributed by atoms with Gasteiger partial charge in [0, 0.05) is 12.5 Å². The number of rotatable bonds is 5. The van der Waals surface area contributed by atoms with Crippen LogP contribution in [-0.4, -0.2) is 10.9 Å². The summed E-state index contributed by atoms with van der Waals surface area (Å²) in [5, 5.41) is 2.54. The maximum atomic E-state index is 12.9. The summed E-state index contributed by atoms with van der Waals surface area (Å²) in [6.07, 6.45) is 0.777. The monoisotopic (exact) mass is 273 g/mol. The normalized spacial score (nSPS) is 11.9. The van der Waals surface area contributed by atoms with Crippen molar-refractivity contribution in [2.45, 2.75) is 18.9 Å². The van der Waals surface area contributed by atoms with Crippen molar-refractivity contribution in [1.29, 1.82) is 0 Å². The van der Waals surface area contributed by atoms with Crippen LogP contribution in [0.4, 0.5) is 10.2 Å². The Morgan fingerprint density at radius 3 is 2.65 bits per heavy atom. The van der Waals surface area contributed by atoms with E-state index in [-0.39, 0.29) is 24.2 Å². The van der Waals surface area contributed by atoms with E-state index in [0.717, 1.165) is 5.56 Å². The molecule has 1 atom stereocenters. The lowest BCUT2D eigenvalue weighted by Gasteiger charge is -2.11. The molecule has 1 aromatic carbocycles. The minimum absolute atomic E-state index is 0.192. The summed E-state index contributed by atoms with van der Waals surface area (Å²) in [6.45, 7) is 0. The standard InChI is InChI=1S/C15H16FN3O/c16-13-7-4-8-14(18-13)19-15(20)10-9-12(17)11-5-2-1-3-6-11/h1-8,12H,9-10,17H2,(H,18,19,20). The van der Waals surface area contributed by atoms with Gasteiger partial charge < -0.3 is 11.1 Å². The van der Waals surface area contributed by atoms with E-state index in [1.807, 2.05) is 30.3 Å². The summed E-state index contributed by atoms with van der Waals surface area (Å²) >= 11 is 0. The minimum atomic E-state index is -0.621. The number of nitrogens with two attached hydrogens (primary N) is 1. The Morgan fingerprint density at radius 1 is 1.20 bits per heavy atom. The van der Waals surface area contributed by atoms with Crippen molar-refractivity contribution in [2.24, 2.45) is 5.73 Å². The van der Waals surface area contributed by atoms with Gasteiger partial charge in [0.2, 0.25) is 11.9 Å². The van der Waals surface area contributed by atoms with Crippen LogP contribution in [0.2, 0.25) is 0 Å². The Morgan fingerprint density at radius 2 is 1.95 bits per heavy atom. The zero-order chi connectivity index (χ0) is 14.4. The van der Waals surface area contributed by atoms with Crippen molar-refractivity contribution < 1.29 is 9.18 Å². The molecule has 3 N–H and O–H groups in total. The van der Waals surface area contributed by atoms with Crippen molar-refractivity contribution in [3.63, 3.8) is 0 Å². The van der Waals surface area contributed by atoms with Gasteiger partial charge in [-0.1, -0.05) is 36.4 Å². The second-order valence-corrected chi connectivity index (χ2v) is 4.45. The van der Waals surface area contributed by atoms with Gasteiger partial charge in [0.15, 0.2) is 0 Å².